The summed E-state index contributed by atoms with van der Waals surface area (Å²) in [7, 11) is 0. The van der Waals surface area contributed by atoms with E-state index in [2.05, 4.69) is 4.99 Å². The Morgan fingerprint density at radius 1 is 1.17 bits per heavy atom. The Kier molecular flexibility index (Phi) is 4.17. The van der Waals surface area contributed by atoms with E-state index in [9.17, 15) is 9.90 Å². The number of nitrogens with zero attached hydrogens (tertiary/aromatic N) is 2. The summed E-state index contributed by atoms with van der Waals surface area (Å²) in [4.78, 5) is 16.9. The summed E-state index contributed by atoms with van der Waals surface area (Å²) in [5.41, 5.74) is 1.28. The molecule has 1 heterocycles. The van der Waals surface area contributed by atoms with Crippen LogP contribution < -0.4 is 5.56 Å². The molecule has 1 N–H and O–H groups in total. The fraction of sp³-hybridized carbons (Fsp3) is 0.111. The van der Waals surface area contributed by atoms with E-state index in [4.69, 9.17) is 11.6 Å². The largest absolute Gasteiger partial charge is 0.506 e. The minimum Gasteiger partial charge on any atom is -0.506 e. The Labute approximate surface area is 138 Å². The number of benzene rings is 2. The molecule has 5 heteroatoms. The summed E-state index contributed by atoms with van der Waals surface area (Å²) in [6.07, 6.45) is 1.40. The van der Waals surface area contributed by atoms with Crippen LogP contribution in [-0.4, -0.2) is 15.9 Å². The Hall–Kier alpha value is -2.59. The number of fused-ring (bicyclic) bond motifs is 1. The third-order valence-corrected chi connectivity index (χ3v) is 3.92. The number of rotatable bonds is 3. The molecule has 0 aliphatic heterocycles. The monoisotopic (exact) mass is 326 g/mol. The van der Waals surface area contributed by atoms with Crippen molar-refractivity contribution in [3.8, 4) is 5.75 Å². The van der Waals surface area contributed by atoms with Crippen LogP contribution in [0.3, 0.4) is 0 Å². The van der Waals surface area contributed by atoms with Gasteiger partial charge in [0.1, 0.15) is 11.3 Å². The van der Waals surface area contributed by atoms with Gasteiger partial charge in [-0.3, -0.25) is 9.79 Å². The average Bonchev–Trinajstić information content (AvgIpc) is 2.57. The number of aromatic hydroxyl groups is 1. The van der Waals surface area contributed by atoms with Gasteiger partial charge in [-0.25, -0.2) is 0 Å². The predicted octanol–water partition coefficient (Wildman–Crippen LogP) is 4.13. The van der Waals surface area contributed by atoms with E-state index in [0.29, 0.717) is 28.2 Å². The lowest BCUT2D eigenvalue weighted by atomic mass is 10.1. The van der Waals surface area contributed by atoms with Gasteiger partial charge in [0.05, 0.1) is 11.2 Å². The van der Waals surface area contributed by atoms with Gasteiger partial charge < -0.3 is 9.67 Å². The maximum absolute atomic E-state index is 12.6. The second-order valence-corrected chi connectivity index (χ2v) is 5.50. The van der Waals surface area contributed by atoms with Crippen LogP contribution in [0.5, 0.6) is 5.75 Å². The van der Waals surface area contributed by atoms with E-state index in [1.165, 1.54) is 6.21 Å². The summed E-state index contributed by atoms with van der Waals surface area (Å²) in [5, 5.41) is 11.7. The van der Waals surface area contributed by atoms with E-state index in [0.717, 1.165) is 0 Å². The highest BCUT2D eigenvalue weighted by molar-refractivity contribution is 6.30. The highest BCUT2D eigenvalue weighted by Crippen LogP contribution is 2.25. The van der Waals surface area contributed by atoms with Crippen LogP contribution in [0, 0.1) is 0 Å². The number of para-hydroxylation sites is 1. The van der Waals surface area contributed by atoms with Gasteiger partial charge in [-0.1, -0.05) is 23.7 Å². The maximum Gasteiger partial charge on any atom is 0.263 e. The van der Waals surface area contributed by atoms with E-state index in [1.54, 1.807) is 34.9 Å². The summed E-state index contributed by atoms with van der Waals surface area (Å²) < 4.78 is 1.62. The second kappa shape index (κ2) is 6.26. The first kappa shape index (κ1) is 15.3. The molecule has 0 aliphatic carbocycles. The quantitative estimate of drug-likeness (QED) is 0.736. The van der Waals surface area contributed by atoms with E-state index < -0.39 is 0 Å². The molecule has 0 aliphatic rings. The first-order chi connectivity index (χ1) is 11.1. The van der Waals surface area contributed by atoms with Gasteiger partial charge in [0.25, 0.3) is 5.56 Å². The zero-order valence-corrected chi connectivity index (χ0v) is 13.3. The van der Waals surface area contributed by atoms with E-state index in [1.807, 2.05) is 25.1 Å². The molecule has 116 valence electrons. The summed E-state index contributed by atoms with van der Waals surface area (Å²) in [5.74, 6) is -0.0481. The van der Waals surface area contributed by atoms with Crippen LogP contribution in [0.2, 0.25) is 5.02 Å². The van der Waals surface area contributed by atoms with Crippen molar-refractivity contribution in [2.75, 3.05) is 0 Å². The summed E-state index contributed by atoms with van der Waals surface area (Å²) in [6.45, 7) is 2.41. The average molecular weight is 327 g/mol. The third-order valence-electron chi connectivity index (χ3n) is 3.67. The number of hydrogen-bond donors (Lipinski definition) is 1. The van der Waals surface area contributed by atoms with Crippen LogP contribution in [0.1, 0.15) is 12.5 Å². The Bertz CT molecular complexity index is 944. The van der Waals surface area contributed by atoms with Crippen molar-refractivity contribution < 1.29 is 5.11 Å². The van der Waals surface area contributed by atoms with Gasteiger partial charge in [0.2, 0.25) is 0 Å². The molecule has 0 spiro atoms. The molecule has 0 fully saturated rings. The number of pyridine rings is 1. The lowest BCUT2D eigenvalue weighted by Crippen LogP contribution is -2.23. The van der Waals surface area contributed by atoms with Crippen molar-refractivity contribution in [2.24, 2.45) is 4.99 Å². The van der Waals surface area contributed by atoms with Crippen LogP contribution in [0.15, 0.2) is 58.3 Å². The lowest BCUT2D eigenvalue weighted by molar-refractivity contribution is 0.478. The number of aliphatic imine (C=N–C) groups is 1. The van der Waals surface area contributed by atoms with Crippen molar-refractivity contribution in [1.29, 1.82) is 0 Å². The maximum atomic E-state index is 12.6. The normalized spacial score (nSPS) is 11.4. The Morgan fingerprint density at radius 3 is 2.57 bits per heavy atom. The van der Waals surface area contributed by atoms with Crippen LogP contribution in [-0.2, 0) is 6.54 Å². The molecule has 2 aromatic carbocycles. The van der Waals surface area contributed by atoms with Gasteiger partial charge in [-0.15, -0.1) is 0 Å². The smallest absolute Gasteiger partial charge is 0.263 e. The topological polar surface area (TPSA) is 54.6 Å². The first-order valence-corrected chi connectivity index (χ1v) is 7.63. The van der Waals surface area contributed by atoms with Gasteiger partial charge >= 0.3 is 0 Å². The van der Waals surface area contributed by atoms with Crippen molar-refractivity contribution >= 4 is 34.4 Å². The molecule has 3 rings (SSSR count). The molecular weight excluding hydrogens is 312 g/mol. The number of hydrogen-bond acceptors (Lipinski definition) is 3. The van der Waals surface area contributed by atoms with Gasteiger partial charge in [0.15, 0.2) is 0 Å². The summed E-state index contributed by atoms with van der Waals surface area (Å²) >= 11 is 5.84. The van der Waals surface area contributed by atoms with Gasteiger partial charge in [-0.05, 0) is 43.3 Å². The van der Waals surface area contributed by atoms with Crippen LogP contribution >= 0.6 is 11.6 Å². The van der Waals surface area contributed by atoms with Crippen LogP contribution in [0.4, 0.5) is 5.69 Å². The van der Waals surface area contributed by atoms with Crippen molar-refractivity contribution in [3.05, 3.63) is 69.5 Å². The number of aryl methyl sites for hydroxylation is 1. The molecule has 3 aromatic rings. The van der Waals surface area contributed by atoms with E-state index in [-0.39, 0.29) is 16.9 Å². The lowest BCUT2D eigenvalue weighted by Gasteiger charge is -2.11. The highest BCUT2D eigenvalue weighted by atomic mass is 35.5. The third kappa shape index (κ3) is 2.85. The molecular formula is C18H15ClN2O2. The molecule has 0 amide bonds. The number of aromatic nitrogens is 1. The molecule has 0 radical (unpaired) electrons. The Balaban J connectivity index is 2.17. The standard InChI is InChI=1S/C18H15ClN2O2/c1-2-21-16-6-4-3-5-14(16)17(22)15(18(21)23)11-20-13-9-7-12(19)8-10-13/h3-11,22H,2H2,1H3. The SMILES string of the molecule is CCn1c(=O)c(C=Nc2ccc(Cl)cc2)c(O)c2ccccc21. The summed E-state index contributed by atoms with van der Waals surface area (Å²) in [6, 6.07) is 14.2. The highest BCUT2D eigenvalue weighted by Gasteiger charge is 2.13. The number of halogens is 1. The molecule has 0 atom stereocenters. The zero-order valence-electron chi connectivity index (χ0n) is 12.5. The fourth-order valence-electron chi connectivity index (χ4n) is 2.51. The zero-order chi connectivity index (χ0) is 16.4. The first-order valence-electron chi connectivity index (χ1n) is 7.26. The second-order valence-electron chi connectivity index (χ2n) is 5.06. The van der Waals surface area contributed by atoms with Crippen molar-refractivity contribution in [3.63, 3.8) is 0 Å². The minimum atomic E-state index is -0.263. The Morgan fingerprint density at radius 2 is 1.87 bits per heavy atom. The molecule has 0 bridgehead atoms. The minimum absolute atomic E-state index is 0.0481. The van der Waals surface area contributed by atoms with Crippen molar-refractivity contribution in [1.82, 2.24) is 4.57 Å². The van der Waals surface area contributed by atoms with Crippen LogP contribution in [0.25, 0.3) is 10.9 Å². The van der Waals surface area contributed by atoms with Crippen molar-refractivity contribution in [2.45, 2.75) is 13.5 Å². The molecule has 4 nitrogen and oxygen atoms in total. The molecule has 0 saturated heterocycles. The predicted molar refractivity (Wildman–Crippen MR) is 94.3 cm³/mol. The molecule has 0 saturated carbocycles. The van der Waals surface area contributed by atoms with E-state index >= 15 is 0 Å². The molecule has 0 unspecified atom stereocenters. The molecule has 23 heavy (non-hydrogen) atoms. The molecule has 1 aromatic heterocycles. The fourth-order valence-corrected chi connectivity index (χ4v) is 2.63. The van der Waals surface area contributed by atoms with Gasteiger partial charge in [0, 0.05) is 23.2 Å². The van der Waals surface area contributed by atoms with Gasteiger partial charge in [-0.2, -0.15) is 0 Å².